The highest BCUT2D eigenvalue weighted by Crippen LogP contribution is 2.17. The van der Waals surface area contributed by atoms with Crippen molar-refractivity contribution in [1.82, 2.24) is 5.43 Å². The number of ether oxygens (including phenoxy) is 2. The van der Waals surface area contributed by atoms with E-state index in [0.717, 1.165) is 11.3 Å². The Kier molecular flexibility index (Phi) is 6.17. The average molecular weight is 312 g/mol. The van der Waals surface area contributed by atoms with E-state index in [-0.39, 0.29) is 12.5 Å². The van der Waals surface area contributed by atoms with Crippen molar-refractivity contribution < 1.29 is 14.3 Å². The fraction of sp³-hybridized carbons (Fsp3) is 0.222. The molecule has 23 heavy (non-hydrogen) atoms. The summed E-state index contributed by atoms with van der Waals surface area (Å²) >= 11 is 0. The summed E-state index contributed by atoms with van der Waals surface area (Å²) in [5.41, 5.74) is 4.52. The Morgan fingerprint density at radius 2 is 1.65 bits per heavy atom. The number of amides is 1. The quantitative estimate of drug-likeness (QED) is 0.631. The van der Waals surface area contributed by atoms with E-state index >= 15 is 0 Å². The van der Waals surface area contributed by atoms with Gasteiger partial charge in [0.1, 0.15) is 11.5 Å². The molecule has 2 rings (SSSR count). The minimum Gasteiger partial charge on any atom is -0.494 e. The van der Waals surface area contributed by atoms with E-state index in [9.17, 15) is 4.79 Å². The summed E-state index contributed by atoms with van der Waals surface area (Å²) < 4.78 is 10.7. The summed E-state index contributed by atoms with van der Waals surface area (Å²) in [5, 5.41) is 3.90. The van der Waals surface area contributed by atoms with Gasteiger partial charge in [-0.2, -0.15) is 5.10 Å². The van der Waals surface area contributed by atoms with Gasteiger partial charge in [-0.25, -0.2) is 5.43 Å². The van der Waals surface area contributed by atoms with Crippen LogP contribution >= 0.6 is 0 Å². The first-order valence-corrected chi connectivity index (χ1v) is 7.41. The number of nitrogens with zero attached hydrogens (tertiary/aromatic N) is 1. The van der Waals surface area contributed by atoms with Gasteiger partial charge in [-0.15, -0.1) is 0 Å². The summed E-state index contributed by atoms with van der Waals surface area (Å²) in [6.07, 6.45) is 1.59. The molecule has 0 radical (unpaired) electrons. The van der Waals surface area contributed by atoms with E-state index < -0.39 is 0 Å². The first kappa shape index (κ1) is 16.5. The smallest absolute Gasteiger partial charge is 0.277 e. The number of carbonyl (C=O) groups is 1. The first-order chi connectivity index (χ1) is 11.2. The van der Waals surface area contributed by atoms with E-state index in [1.165, 1.54) is 5.56 Å². The number of nitrogens with one attached hydrogen (secondary N) is 1. The predicted octanol–water partition coefficient (Wildman–Crippen LogP) is 2.92. The molecule has 0 atom stereocenters. The molecule has 0 bridgehead atoms. The van der Waals surface area contributed by atoms with Gasteiger partial charge in [0, 0.05) is 0 Å². The zero-order chi connectivity index (χ0) is 16.5. The molecule has 0 aliphatic rings. The van der Waals surface area contributed by atoms with Crippen LogP contribution in [0.1, 0.15) is 18.1 Å². The number of aryl methyl sites for hydroxylation is 1. The Balaban J connectivity index is 1.75. The third kappa shape index (κ3) is 5.82. The fourth-order valence-corrected chi connectivity index (χ4v) is 1.81. The Morgan fingerprint density at radius 3 is 2.26 bits per heavy atom. The number of hydrogen-bond donors (Lipinski definition) is 1. The van der Waals surface area contributed by atoms with Gasteiger partial charge in [-0.1, -0.05) is 29.8 Å². The lowest BCUT2D eigenvalue weighted by Crippen LogP contribution is -2.24. The molecule has 120 valence electrons. The molecule has 1 amide bonds. The summed E-state index contributed by atoms with van der Waals surface area (Å²) in [7, 11) is 0. The second-order valence-corrected chi connectivity index (χ2v) is 4.90. The zero-order valence-corrected chi connectivity index (χ0v) is 13.3. The van der Waals surface area contributed by atoms with E-state index in [4.69, 9.17) is 9.47 Å². The molecule has 0 aliphatic heterocycles. The number of hydrogen-bond acceptors (Lipinski definition) is 4. The molecule has 2 aromatic rings. The van der Waals surface area contributed by atoms with E-state index in [1.54, 1.807) is 30.5 Å². The second-order valence-electron chi connectivity index (χ2n) is 4.90. The van der Waals surface area contributed by atoms with Crippen molar-refractivity contribution in [3.8, 4) is 11.5 Å². The zero-order valence-electron chi connectivity index (χ0n) is 13.3. The topological polar surface area (TPSA) is 59.9 Å². The van der Waals surface area contributed by atoms with Gasteiger partial charge in [0.2, 0.25) is 0 Å². The van der Waals surface area contributed by atoms with Crippen molar-refractivity contribution in [2.45, 2.75) is 13.8 Å². The lowest BCUT2D eigenvalue weighted by molar-refractivity contribution is -0.123. The number of benzene rings is 2. The van der Waals surface area contributed by atoms with Crippen LogP contribution in [0.2, 0.25) is 0 Å². The van der Waals surface area contributed by atoms with Gasteiger partial charge < -0.3 is 9.47 Å². The van der Waals surface area contributed by atoms with Crippen LogP contribution in [0.25, 0.3) is 0 Å². The molecular weight excluding hydrogens is 292 g/mol. The minimum atomic E-state index is -0.317. The molecule has 0 saturated carbocycles. The van der Waals surface area contributed by atoms with Crippen molar-refractivity contribution in [3.63, 3.8) is 0 Å². The van der Waals surface area contributed by atoms with Crippen molar-refractivity contribution in [3.05, 3.63) is 59.7 Å². The maximum atomic E-state index is 11.7. The van der Waals surface area contributed by atoms with Gasteiger partial charge >= 0.3 is 0 Å². The van der Waals surface area contributed by atoms with Crippen LogP contribution in [-0.2, 0) is 4.79 Å². The lowest BCUT2D eigenvalue weighted by atomic mass is 10.2. The molecule has 0 spiro atoms. The SMILES string of the molecule is CCOc1ccc(OCC(=O)N/N=C/c2ccc(C)cc2)cc1. The molecule has 5 nitrogen and oxygen atoms in total. The Bertz CT molecular complexity index is 649. The molecule has 1 N–H and O–H groups in total. The molecule has 0 aromatic heterocycles. The van der Waals surface area contributed by atoms with Crippen LogP contribution < -0.4 is 14.9 Å². The fourth-order valence-electron chi connectivity index (χ4n) is 1.81. The van der Waals surface area contributed by atoms with Gasteiger partial charge in [0.25, 0.3) is 5.91 Å². The normalized spacial score (nSPS) is 10.5. The van der Waals surface area contributed by atoms with Crippen molar-refractivity contribution in [2.75, 3.05) is 13.2 Å². The van der Waals surface area contributed by atoms with Gasteiger partial charge in [-0.3, -0.25) is 4.79 Å². The van der Waals surface area contributed by atoms with Crippen LogP contribution in [-0.4, -0.2) is 25.3 Å². The molecule has 0 aliphatic carbocycles. The lowest BCUT2D eigenvalue weighted by Gasteiger charge is -2.06. The van der Waals surface area contributed by atoms with Crippen LogP contribution in [0, 0.1) is 6.92 Å². The Labute approximate surface area is 135 Å². The molecule has 5 heteroatoms. The molecule has 0 heterocycles. The van der Waals surface area contributed by atoms with Gasteiger partial charge in [0.05, 0.1) is 12.8 Å². The third-order valence-electron chi connectivity index (χ3n) is 2.98. The van der Waals surface area contributed by atoms with Gasteiger partial charge in [0.15, 0.2) is 6.61 Å². The second kappa shape index (κ2) is 8.58. The highest BCUT2D eigenvalue weighted by atomic mass is 16.5. The number of rotatable bonds is 7. The summed E-state index contributed by atoms with van der Waals surface area (Å²) in [4.78, 5) is 11.7. The van der Waals surface area contributed by atoms with Crippen LogP contribution in [0.5, 0.6) is 11.5 Å². The Hall–Kier alpha value is -2.82. The van der Waals surface area contributed by atoms with E-state index in [0.29, 0.717) is 12.4 Å². The minimum absolute atomic E-state index is 0.0980. The summed E-state index contributed by atoms with van der Waals surface area (Å²) in [6, 6.07) is 14.9. The molecule has 0 saturated heterocycles. The maximum Gasteiger partial charge on any atom is 0.277 e. The van der Waals surface area contributed by atoms with Crippen LogP contribution in [0.3, 0.4) is 0 Å². The van der Waals surface area contributed by atoms with Crippen LogP contribution in [0.4, 0.5) is 0 Å². The molecule has 0 fully saturated rings. The summed E-state index contributed by atoms with van der Waals surface area (Å²) in [5.74, 6) is 1.06. The van der Waals surface area contributed by atoms with Crippen molar-refractivity contribution in [1.29, 1.82) is 0 Å². The van der Waals surface area contributed by atoms with Gasteiger partial charge in [-0.05, 0) is 43.7 Å². The molecule has 2 aromatic carbocycles. The predicted molar refractivity (Wildman–Crippen MR) is 90.0 cm³/mol. The largest absolute Gasteiger partial charge is 0.494 e. The number of carbonyl (C=O) groups excluding carboxylic acids is 1. The Morgan fingerprint density at radius 1 is 1.04 bits per heavy atom. The average Bonchev–Trinajstić information content (AvgIpc) is 2.56. The number of hydrazone groups is 1. The standard InChI is InChI=1S/C18H20N2O3/c1-3-22-16-8-10-17(11-9-16)23-13-18(21)20-19-12-15-6-4-14(2)5-7-15/h4-12H,3,13H2,1-2H3,(H,20,21)/b19-12+. The van der Waals surface area contributed by atoms with Crippen molar-refractivity contribution in [2.24, 2.45) is 5.10 Å². The van der Waals surface area contributed by atoms with Crippen LogP contribution in [0.15, 0.2) is 53.6 Å². The third-order valence-corrected chi connectivity index (χ3v) is 2.98. The first-order valence-electron chi connectivity index (χ1n) is 7.41. The highest BCUT2D eigenvalue weighted by Gasteiger charge is 2.01. The maximum absolute atomic E-state index is 11.7. The van der Waals surface area contributed by atoms with Crippen molar-refractivity contribution >= 4 is 12.1 Å². The van der Waals surface area contributed by atoms with E-state index in [2.05, 4.69) is 10.5 Å². The van der Waals surface area contributed by atoms with E-state index in [1.807, 2.05) is 38.1 Å². The molecule has 0 unspecified atom stereocenters. The monoisotopic (exact) mass is 312 g/mol. The highest BCUT2D eigenvalue weighted by molar-refractivity contribution is 5.82. The summed E-state index contributed by atoms with van der Waals surface area (Å²) in [6.45, 7) is 4.45. The molecular formula is C18H20N2O3.